The van der Waals surface area contributed by atoms with Crippen LogP contribution >= 0.6 is 27.5 Å². The first kappa shape index (κ1) is 32.3. The molecule has 0 saturated heterocycles. The van der Waals surface area contributed by atoms with Gasteiger partial charge in [0.05, 0.1) is 10.6 Å². The zero-order chi connectivity index (χ0) is 31.0. The number of anilines is 1. The normalized spacial score (nSPS) is 11.9. The average molecular weight is 683 g/mol. The maximum atomic E-state index is 14.4. The molecule has 0 spiro atoms. The summed E-state index contributed by atoms with van der Waals surface area (Å²) in [6, 6.07) is 28.8. The summed E-state index contributed by atoms with van der Waals surface area (Å²) >= 11 is 9.81. The van der Waals surface area contributed by atoms with Crippen molar-refractivity contribution in [3.05, 3.63) is 129 Å². The minimum atomic E-state index is -4.20. The van der Waals surface area contributed by atoms with Gasteiger partial charge < -0.3 is 10.2 Å². The van der Waals surface area contributed by atoms with Crippen LogP contribution in [0.1, 0.15) is 23.6 Å². The molecule has 0 aromatic heterocycles. The van der Waals surface area contributed by atoms with Crippen molar-refractivity contribution in [2.75, 3.05) is 17.4 Å². The lowest BCUT2D eigenvalue weighted by Gasteiger charge is -2.34. The molecule has 0 aliphatic carbocycles. The number of sulfonamides is 1. The average Bonchev–Trinajstić information content (AvgIpc) is 3.00. The van der Waals surface area contributed by atoms with E-state index in [1.165, 1.54) is 23.1 Å². The maximum Gasteiger partial charge on any atom is 0.264 e. The van der Waals surface area contributed by atoms with E-state index in [1.54, 1.807) is 37.3 Å². The summed E-state index contributed by atoms with van der Waals surface area (Å²) < 4.78 is 30.1. The van der Waals surface area contributed by atoms with E-state index in [0.717, 1.165) is 19.9 Å². The number of carbonyl (C=O) groups is 2. The van der Waals surface area contributed by atoms with E-state index >= 15 is 0 Å². The van der Waals surface area contributed by atoms with Crippen LogP contribution in [0.3, 0.4) is 0 Å². The van der Waals surface area contributed by atoms with E-state index in [0.29, 0.717) is 17.1 Å². The van der Waals surface area contributed by atoms with Gasteiger partial charge in [-0.05, 0) is 66.9 Å². The zero-order valence-corrected chi connectivity index (χ0v) is 27.1. The van der Waals surface area contributed by atoms with Crippen LogP contribution < -0.4 is 9.62 Å². The van der Waals surface area contributed by atoms with Crippen molar-refractivity contribution in [2.45, 2.75) is 37.8 Å². The fourth-order valence-corrected chi connectivity index (χ4v) is 6.87. The quantitative estimate of drug-likeness (QED) is 0.188. The van der Waals surface area contributed by atoms with Crippen molar-refractivity contribution in [1.82, 2.24) is 10.2 Å². The number of hydrogen-bond donors (Lipinski definition) is 1. The number of nitrogens with zero attached hydrogens (tertiary/aromatic N) is 2. The van der Waals surface area contributed by atoms with Gasteiger partial charge in [0.15, 0.2) is 0 Å². The Morgan fingerprint density at radius 2 is 1.53 bits per heavy atom. The van der Waals surface area contributed by atoms with E-state index < -0.39 is 28.5 Å². The molecule has 43 heavy (non-hydrogen) atoms. The minimum Gasteiger partial charge on any atom is -0.355 e. The summed E-state index contributed by atoms with van der Waals surface area (Å²) in [7, 11) is -4.20. The van der Waals surface area contributed by atoms with Crippen LogP contribution in [0, 0.1) is 6.92 Å². The van der Waals surface area contributed by atoms with Crippen LogP contribution in [-0.4, -0.2) is 44.3 Å². The monoisotopic (exact) mass is 681 g/mol. The smallest absolute Gasteiger partial charge is 0.264 e. The van der Waals surface area contributed by atoms with Crippen molar-refractivity contribution in [3.8, 4) is 0 Å². The summed E-state index contributed by atoms with van der Waals surface area (Å²) in [6.07, 6.45) is 0.244. The second kappa shape index (κ2) is 14.7. The molecule has 1 atom stereocenters. The van der Waals surface area contributed by atoms with Crippen molar-refractivity contribution in [1.29, 1.82) is 0 Å². The Labute approximate surface area is 266 Å². The fraction of sp³-hybridized carbons (Fsp3) is 0.212. The van der Waals surface area contributed by atoms with Gasteiger partial charge in [0.25, 0.3) is 10.0 Å². The second-order valence-corrected chi connectivity index (χ2v) is 13.2. The molecule has 0 saturated carbocycles. The van der Waals surface area contributed by atoms with Gasteiger partial charge in [-0.3, -0.25) is 13.9 Å². The molecule has 0 heterocycles. The third-order valence-electron chi connectivity index (χ3n) is 6.91. The molecule has 0 aliphatic heterocycles. The lowest BCUT2D eigenvalue weighted by Crippen LogP contribution is -2.53. The highest BCUT2D eigenvalue weighted by molar-refractivity contribution is 9.10. The molecule has 10 heteroatoms. The van der Waals surface area contributed by atoms with Crippen LogP contribution in [0.2, 0.25) is 5.02 Å². The molecule has 7 nitrogen and oxygen atoms in total. The standard InChI is InChI=1S/C33H33BrClN3O4S/c1-3-36-33(40)31(20-25-11-6-4-7-12-25)37(22-26-13-10-14-27(34)19-26)32(39)23-38(30-21-28(35)18-17-24(30)2)43(41,42)29-15-8-5-9-16-29/h4-19,21,31H,3,20,22-23H2,1-2H3,(H,36,40)/t31-/m0/s1. The number of hydrogen-bond acceptors (Lipinski definition) is 4. The van der Waals surface area contributed by atoms with Crippen molar-refractivity contribution in [3.63, 3.8) is 0 Å². The first-order valence-corrected chi connectivity index (χ1v) is 16.4. The Hall–Kier alpha value is -3.66. The summed E-state index contributed by atoms with van der Waals surface area (Å²) in [5, 5.41) is 3.19. The molecular formula is C33H33BrClN3O4S. The van der Waals surface area contributed by atoms with Gasteiger partial charge in [0.2, 0.25) is 11.8 Å². The predicted octanol–water partition coefficient (Wildman–Crippen LogP) is 6.38. The molecule has 224 valence electrons. The first-order valence-electron chi connectivity index (χ1n) is 13.8. The summed E-state index contributed by atoms with van der Waals surface area (Å²) in [5.74, 6) is -0.864. The third kappa shape index (κ3) is 8.25. The number of nitrogens with one attached hydrogen (secondary N) is 1. The SMILES string of the molecule is CCNC(=O)[C@H](Cc1ccccc1)N(Cc1cccc(Br)c1)C(=O)CN(c1cc(Cl)ccc1C)S(=O)(=O)c1ccccc1. The van der Waals surface area contributed by atoms with Crippen molar-refractivity contribution in [2.24, 2.45) is 0 Å². The van der Waals surface area contributed by atoms with E-state index in [1.807, 2.05) is 61.5 Å². The number of rotatable bonds is 12. The van der Waals surface area contributed by atoms with Gasteiger partial charge in [0, 0.05) is 29.0 Å². The van der Waals surface area contributed by atoms with Gasteiger partial charge >= 0.3 is 0 Å². The highest BCUT2D eigenvalue weighted by Gasteiger charge is 2.35. The number of benzene rings is 4. The molecule has 0 radical (unpaired) electrons. The van der Waals surface area contributed by atoms with Gasteiger partial charge in [0.1, 0.15) is 12.6 Å². The molecule has 4 aromatic rings. The van der Waals surface area contributed by atoms with E-state index in [4.69, 9.17) is 11.6 Å². The number of amides is 2. The Morgan fingerprint density at radius 1 is 0.884 bits per heavy atom. The highest BCUT2D eigenvalue weighted by Crippen LogP contribution is 2.30. The summed E-state index contributed by atoms with van der Waals surface area (Å²) in [5.41, 5.74) is 2.55. The topological polar surface area (TPSA) is 86.8 Å². The lowest BCUT2D eigenvalue weighted by atomic mass is 10.0. The fourth-order valence-electron chi connectivity index (χ4n) is 4.76. The molecule has 4 rings (SSSR count). The zero-order valence-electron chi connectivity index (χ0n) is 23.9. The summed E-state index contributed by atoms with van der Waals surface area (Å²) in [6.45, 7) is 3.49. The lowest BCUT2D eigenvalue weighted by molar-refractivity contribution is -0.140. The number of aryl methyl sites for hydroxylation is 1. The van der Waals surface area contributed by atoms with E-state index in [2.05, 4.69) is 21.2 Å². The van der Waals surface area contributed by atoms with Crippen LogP contribution in [0.25, 0.3) is 0 Å². The maximum absolute atomic E-state index is 14.4. The predicted molar refractivity (Wildman–Crippen MR) is 174 cm³/mol. The van der Waals surface area contributed by atoms with Crippen LogP contribution in [0.5, 0.6) is 0 Å². The molecule has 0 bridgehead atoms. The number of halogens is 2. The third-order valence-corrected chi connectivity index (χ3v) is 9.42. The van der Waals surface area contributed by atoms with Crippen LogP contribution in [0.4, 0.5) is 5.69 Å². The van der Waals surface area contributed by atoms with Crippen molar-refractivity contribution < 1.29 is 18.0 Å². The largest absolute Gasteiger partial charge is 0.355 e. The van der Waals surface area contributed by atoms with Gasteiger partial charge in [-0.2, -0.15) is 0 Å². The van der Waals surface area contributed by atoms with E-state index in [9.17, 15) is 18.0 Å². The van der Waals surface area contributed by atoms with E-state index in [-0.39, 0.29) is 29.5 Å². The molecule has 4 aromatic carbocycles. The molecule has 2 amide bonds. The Bertz CT molecular complexity index is 1670. The number of likely N-dealkylation sites (N-methyl/N-ethyl adjacent to an activating group) is 1. The Morgan fingerprint density at radius 3 is 2.19 bits per heavy atom. The first-order chi connectivity index (χ1) is 20.6. The second-order valence-electron chi connectivity index (χ2n) is 10.0. The minimum absolute atomic E-state index is 0.0327. The van der Waals surface area contributed by atoms with Gasteiger partial charge in [-0.15, -0.1) is 0 Å². The van der Waals surface area contributed by atoms with Crippen molar-refractivity contribution >= 4 is 55.1 Å². The van der Waals surface area contributed by atoms with Crippen LogP contribution in [0.15, 0.2) is 112 Å². The summed E-state index contributed by atoms with van der Waals surface area (Å²) in [4.78, 5) is 29.5. The Balaban J connectivity index is 1.82. The molecule has 0 aliphatic rings. The highest BCUT2D eigenvalue weighted by atomic mass is 79.9. The van der Waals surface area contributed by atoms with Crippen LogP contribution in [-0.2, 0) is 32.6 Å². The van der Waals surface area contributed by atoms with Gasteiger partial charge in [-0.25, -0.2) is 8.42 Å². The molecule has 0 unspecified atom stereocenters. The molecule has 1 N–H and O–H groups in total. The molecule has 0 fully saturated rings. The molecular weight excluding hydrogens is 650 g/mol. The number of carbonyl (C=O) groups excluding carboxylic acids is 2. The van der Waals surface area contributed by atoms with Gasteiger partial charge in [-0.1, -0.05) is 94.3 Å². The Kier molecular flexibility index (Phi) is 11.0.